The Labute approximate surface area is 123 Å². The Morgan fingerprint density at radius 2 is 2.38 bits per heavy atom. The van der Waals surface area contributed by atoms with Crippen molar-refractivity contribution in [1.29, 1.82) is 0 Å². The van der Waals surface area contributed by atoms with Crippen molar-refractivity contribution in [2.75, 3.05) is 30.4 Å². The second-order valence-electron chi connectivity index (χ2n) is 4.18. The highest BCUT2D eigenvalue weighted by Crippen LogP contribution is 2.28. The SMILES string of the molecule is [N-]=[N+]=NC[C@@H]1CN(c2ccc(SCCF)c(F)c2)C(=O)O1. The third kappa shape index (κ3) is 3.77. The van der Waals surface area contributed by atoms with Crippen LogP contribution in [-0.4, -0.2) is 37.7 Å². The fraction of sp³-hybridized carbons (Fsp3) is 0.417. The summed E-state index contributed by atoms with van der Waals surface area (Å²) in [5.74, 6) is -0.340. The zero-order valence-electron chi connectivity index (χ0n) is 10.9. The van der Waals surface area contributed by atoms with Gasteiger partial charge >= 0.3 is 6.09 Å². The van der Waals surface area contributed by atoms with E-state index in [1.54, 1.807) is 6.07 Å². The van der Waals surface area contributed by atoms with E-state index in [2.05, 4.69) is 10.0 Å². The van der Waals surface area contributed by atoms with Gasteiger partial charge in [0, 0.05) is 15.6 Å². The summed E-state index contributed by atoms with van der Waals surface area (Å²) >= 11 is 1.07. The molecule has 1 aliphatic heterocycles. The summed E-state index contributed by atoms with van der Waals surface area (Å²) in [6.07, 6.45) is -1.16. The molecule has 0 bridgehead atoms. The minimum absolute atomic E-state index is 0.0334. The summed E-state index contributed by atoms with van der Waals surface area (Å²) in [7, 11) is 0. The number of cyclic esters (lactones) is 1. The fourth-order valence-corrected chi connectivity index (χ4v) is 2.54. The molecule has 0 unspecified atom stereocenters. The number of carbonyl (C=O) groups excluding carboxylic acids is 1. The topological polar surface area (TPSA) is 78.3 Å². The van der Waals surface area contributed by atoms with Crippen LogP contribution >= 0.6 is 11.8 Å². The number of hydrogen-bond donors (Lipinski definition) is 0. The maximum Gasteiger partial charge on any atom is 0.414 e. The molecule has 112 valence electrons. The Morgan fingerprint density at radius 3 is 3.05 bits per heavy atom. The molecular weight excluding hydrogens is 302 g/mol. The molecule has 0 N–H and O–H groups in total. The number of azide groups is 1. The van der Waals surface area contributed by atoms with Gasteiger partial charge in [0.15, 0.2) is 0 Å². The molecule has 1 amide bonds. The molecular formula is C12H12F2N4O2S. The number of ether oxygens (including phenoxy) is 1. The summed E-state index contributed by atoms with van der Waals surface area (Å²) in [5, 5.41) is 3.35. The Bertz CT molecular complexity index is 580. The van der Waals surface area contributed by atoms with Gasteiger partial charge in [0.25, 0.3) is 0 Å². The maximum absolute atomic E-state index is 13.9. The van der Waals surface area contributed by atoms with Gasteiger partial charge in [0.2, 0.25) is 0 Å². The first kappa shape index (κ1) is 15.4. The number of hydrogen-bond acceptors (Lipinski definition) is 4. The Balaban J connectivity index is 2.09. The predicted molar refractivity (Wildman–Crippen MR) is 74.7 cm³/mol. The monoisotopic (exact) mass is 314 g/mol. The molecule has 1 aliphatic rings. The lowest BCUT2D eigenvalue weighted by Crippen LogP contribution is -2.25. The highest BCUT2D eigenvalue weighted by Gasteiger charge is 2.32. The van der Waals surface area contributed by atoms with Crippen LogP contribution in [0, 0.1) is 5.82 Å². The highest BCUT2D eigenvalue weighted by atomic mass is 32.2. The molecule has 1 atom stereocenters. The van der Waals surface area contributed by atoms with E-state index in [4.69, 9.17) is 10.3 Å². The minimum atomic E-state index is -0.614. The minimum Gasteiger partial charge on any atom is -0.444 e. The molecule has 1 aromatic carbocycles. The lowest BCUT2D eigenvalue weighted by Gasteiger charge is -2.13. The van der Waals surface area contributed by atoms with Crippen molar-refractivity contribution in [2.45, 2.75) is 11.0 Å². The van der Waals surface area contributed by atoms with Gasteiger partial charge in [-0.15, -0.1) is 11.8 Å². The summed E-state index contributed by atoms with van der Waals surface area (Å²) in [5.41, 5.74) is 8.59. The number of rotatable bonds is 6. The van der Waals surface area contributed by atoms with E-state index in [9.17, 15) is 13.6 Å². The van der Waals surface area contributed by atoms with Crippen molar-refractivity contribution in [3.8, 4) is 0 Å². The molecule has 0 saturated carbocycles. The smallest absolute Gasteiger partial charge is 0.414 e. The van der Waals surface area contributed by atoms with Crippen LogP contribution in [-0.2, 0) is 4.74 Å². The molecule has 21 heavy (non-hydrogen) atoms. The van der Waals surface area contributed by atoms with Crippen LogP contribution in [0.25, 0.3) is 10.4 Å². The van der Waals surface area contributed by atoms with Gasteiger partial charge in [-0.3, -0.25) is 9.29 Å². The highest BCUT2D eigenvalue weighted by molar-refractivity contribution is 7.99. The summed E-state index contributed by atoms with van der Waals surface area (Å²) in [4.78, 5) is 15.9. The van der Waals surface area contributed by atoms with Gasteiger partial charge in [0.05, 0.1) is 25.5 Å². The van der Waals surface area contributed by atoms with Gasteiger partial charge in [-0.05, 0) is 23.7 Å². The van der Waals surface area contributed by atoms with E-state index in [-0.39, 0.29) is 18.8 Å². The molecule has 0 radical (unpaired) electrons. The lowest BCUT2D eigenvalue weighted by molar-refractivity contribution is 0.145. The molecule has 9 heteroatoms. The Hall–Kier alpha value is -1.99. The van der Waals surface area contributed by atoms with Crippen LogP contribution in [0.4, 0.5) is 19.3 Å². The van der Waals surface area contributed by atoms with E-state index in [1.807, 2.05) is 0 Å². The van der Waals surface area contributed by atoms with Gasteiger partial charge in [-0.1, -0.05) is 5.11 Å². The second-order valence-corrected chi connectivity index (χ2v) is 5.32. The summed E-state index contributed by atoms with van der Waals surface area (Å²) < 4.78 is 31.0. The molecule has 0 aromatic heterocycles. The quantitative estimate of drug-likeness (QED) is 0.349. The van der Waals surface area contributed by atoms with Crippen LogP contribution in [0.5, 0.6) is 0 Å². The average Bonchev–Trinajstić information content (AvgIpc) is 2.85. The van der Waals surface area contributed by atoms with Gasteiger partial charge in [0.1, 0.15) is 11.9 Å². The number of benzene rings is 1. The molecule has 1 heterocycles. The fourth-order valence-electron chi connectivity index (χ4n) is 1.88. The third-order valence-electron chi connectivity index (χ3n) is 2.78. The molecule has 1 saturated heterocycles. The summed E-state index contributed by atoms with van der Waals surface area (Å²) in [6.45, 7) is -0.314. The largest absolute Gasteiger partial charge is 0.444 e. The average molecular weight is 314 g/mol. The van der Waals surface area contributed by atoms with Crippen LogP contribution in [0.2, 0.25) is 0 Å². The first-order chi connectivity index (χ1) is 10.2. The molecule has 1 fully saturated rings. The second kappa shape index (κ2) is 7.14. The predicted octanol–water partition coefficient (Wildman–Crippen LogP) is 3.52. The van der Waals surface area contributed by atoms with Crippen LogP contribution in [0.1, 0.15) is 0 Å². The first-order valence-electron chi connectivity index (χ1n) is 6.13. The lowest BCUT2D eigenvalue weighted by atomic mass is 10.2. The first-order valence-corrected chi connectivity index (χ1v) is 7.11. The zero-order valence-corrected chi connectivity index (χ0v) is 11.7. The number of amides is 1. The van der Waals surface area contributed by atoms with Crippen molar-refractivity contribution in [3.05, 3.63) is 34.5 Å². The Morgan fingerprint density at radius 1 is 1.57 bits per heavy atom. The van der Waals surface area contributed by atoms with E-state index >= 15 is 0 Å². The van der Waals surface area contributed by atoms with Crippen molar-refractivity contribution >= 4 is 23.5 Å². The van der Waals surface area contributed by atoms with E-state index in [0.29, 0.717) is 10.6 Å². The van der Waals surface area contributed by atoms with E-state index < -0.39 is 24.7 Å². The van der Waals surface area contributed by atoms with Gasteiger partial charge in [-0.2, -0.15) is 0 Å². The van der Waals surface area contributed by atoms with Gasteiger partial charge in [-0.25, -0.2) is 9.18 Å². The van der Waals surface area contributed by atoms with Crippen molar-refractivity contribution in [2.24, 2.45) is 5.11 Å². The molecule has 0 aliphatic carbocycles. The van der Waals surface area contributed by atoms with Crippen molar-refractivity contribution in [3.63, 3.8) is 0 Å². The standard InChI is InChI=1S/C12H12F2N4O2S/c13-3-4-21-11-2-1-8(5-10(11)14)18-7-9(6-16-17-15)20-12(18)19/h1-2,5,9H,3-4,6-7H2/t9-/m1/s1. The van der Waals surface area contributed by atoms with Crippen LogP contribution in [0.3, 0.4) is 0 Å². The van der Waals surface area contributed by atoms with E-state index in [1.165, 1.54) is 17.0 Å². The van der Waals surface area contributed by atoms with Crippen LogP contribution < -0.4 is 4.90 Å². The number of halogens is 2. The third-order valence-corrected chi connectivity index (χ3v) is 3.78. The molecule has 2 rings (SSSR count). The van der Waals surface area contributed by atoms with E-state index in [0.717, 1.165) is 11.8 Å². The molecule has 1 aromatic rings. The van der Waals surface area contributed by atoms with Crippen molar-refractivity contribution in [1.82, 2.24) is 0 Å². The van der Waals surface area contributed by atoms with Crippen LogP contribution in [0.15, 0.2) is 28.2 Å². The number of nitrogens with zero attached hydrogens (tertiary/aromatic N) is 4. The molecule has 6 nitrogen and oxygen atoms in total. The normalized spacial score (nSPS) is 17.5. The molecule has 0 spiro atoms. The Kier molecular flexibility index (Phi) is 5.24. The number of anilines is 1. The maximum atomic E-state index is 13.9. The zero-order chi connectivity index (χ0) is 15.2. The number of alkyl halides is 1. The number of carbonyl (C=O) groups is 1. The summed E-state index contributed by atoms with van der Waals surface area (Å²) in [6, 6.07) is 4.28. The number of thioether (sulfide) groups is 1. The van der Waals surface area contributed by atoms with Gasteiger partial charge < -0.3 is 4.74 Å². The van der Waals surface area contributed by atoms with Crippen molar-refractivity contribution < 1.29 is 18.3 Å².